The van der Waals surface area contributed by atoms with E-state index in [0.29, 0.717) is 6.61 Å². The summed E-state index contributed by atoms with van der Waals surface area (Å²) in [5.74, 6) is 0.739. The SMILES string of the molecule is CCCOc1cnn[c]c1-c1ccccc1. The van der Waals surface area contributed by atoms with E-state index in [1.165, 1.54) is 0 Å². The summed E-state index contributed by atoms with van der Waals surface area (Å²) >= 11 is 0. The van der Waals surface area contributed by atoms with Gasteiger partial charge in [0.05, 0.1) is 18.4 Å². The van der Waals surface area contributed by atoms with Gasteiger partial charge in [-0.2, -0.15) is 5.10 Å². The van der Waals surface area contributed by atoms with E-state index >= 15 is 0 Å². The third-order valence-corrected chi connectivity index (χ3v) is 2.17. The Hall–Kier alpha value is -1.90. The molecule has 0 N–H and O–H groups in total. The van der Waals surface area contributed by atoms with Crippen molar-refractivity contribution in [3.05, 3.63) is 42.7 Å². The van der Waals surface area contributed by atoms with E-state index in [1.807, 2.05) is 30.3 Å². The Kier molecular flexibility index (Phi) is 3.49. The molecule has 0 atom stereocenters. The summed E-state index contributed by atoms with van der Waals surface area (Å²) in [5, 5.41) is 7.57. The number of nitrogens with zero attached hydrogens (tertiary/aromatic N) is 2. The Labute approximate surface area is 95.1 Å². The van der Waals surface area contributed by atoms with Crippen molar-refractivity contribution in [1.82, 2.24) is 10.2 Å². The van der Waals surface area contributed by atoms with Crippen molar-refractivity contribution in [1.29, 1.82) is 0 Å². The van der Waals surface area contributed by atoms with Crippen LogP contribution >= 0.6 is 0 Å². The third-order valence-electron chi connectivity index (χ3n) is 2.17. The molecule has 3 nitrogen and oxygen atoms in total. The Morgan fingerprint density at radius 2 is 2.06 bits per heavy atom. The summed E-state index contributed by atoms with van der Waals surface area (Å²) in [6, 6.07) is 9.95. The van der Waals surface area contributed by atoms with Gasteiger partial charge in [0, 0.05) is 0 Å². The minimum absolute atomic E-state index is 0.680. The normalized spacial score (nSPS) is 10.1. The highest BCUT2D eigenvalue weighted by Crippen LogP contribution is 2.27. The summed E-state index contributed by atoms with van der Waals surface area (Å²) in [5.41, 5.74) is 1.91. The molecule has 0 aliphatic carbocycles. The van der Waals surface area contributed by atoms with E-state index in [2.05, 4.69) is 23.3 Å². The Bertz CT molecular complexity index is 443. The Morgan fingerprint density at radius 3 is 2.81 bits per heavy atom. The third kappa shape index (κ3) is 2.37. The minimum Gasteiger partial charge on any atom is -0.491 e. The van der Waals surface area contributed by atoms with Crippen LogP contribution in [0, 0.1) is 6.20 Å². The van der Waals surface area contributed by atoms with Gasteiger partial charge in [0.25, 0.3) is 0 Å². The molecule has 0 saturated heterocycles. The van der Waals surface area contributed by atoms with Gasteiger partial charge < -0.3 is 4.74 Å². The largest absolute Gasteiger partial charge is 0.491 e. The molecule has 1 aromatic carbocycles. The van der Waals surface area contributed by atoms with Gasteiger partial charge in [-0.3, -0.25) is 0 Å². The van der Waals surface area contributed by atoms with E-state index < -0.39 is 0 Å². The molecule has 0 aliphatic heterocycles. The molecule has 0 bridgehead atoms. The summed E-state index contributed by atoms with van der Waals surface area (Å²) in [4.78, 5) is 0. The fourth-order valence-electron chi connectivity index (χ4n) is 1.41. The topological polar surface area (TPSA) is 35.0 Å². The van der Waals surface area contributed by atoms with E-state index in [0.717, 1.165) is 23.3 Å². The van der Waals surface area contributed by atoms with Crippen molar-refractivity contribution in [2.24, 2.45) is 0 Å². The second-order valence-corrected chi connectivity index (χ2v) is 3.41. The van der Waals surface area contributed by atoms with Crippen LogP contribution in [-0.4, -0.2) is 16.8 Å². The first kappa shape index (κ1) is 10.6. The average molecular weight is 213 g/mol. The van der Waals surface area contributed by atoms with E-state index in [-0.39, 0.29) is 0 Å². The first-order valence-electron chi connectivity index (χ1n) is 5.33. The van der Waals surface area contributed by atoms with Crippen molar-refractivity contribution >= 4 is 0 Å². The lowest BCUT2D eigenvalue weighted by Gasteiger charge is -2.08. The number of rotatable bonds is 4. The van der Waals surface area contributed by atoms with Crippen molar-refractivity contribution in [2.75, 3.05) is 6.61 Å². The predicted octanol–water partition coefficient (Wildman–Crippen LogP) is 2.73. The quantitative estimate of drug-likeness (QED) is 0.783. The van der Waals surface area contributed by atoms with Gasteiger partial charge in [-0.25, -0.2) is 0 Å². The summed E-state index contributed by atoms with van der Waals surface area (Å²) < 4.78 is 5.61. The second-order valence-electron chi connectivity index (χ2n) is 3.41. The van der Waals surface area contributed by atoms with Gasteiger partial charge in [-0.05, 0) is 12.0 Å². The highest BCUT2D eigenvalue weighted by molar-refractivity contribution is 5.68. The van der Waals surface area contributed by atoms with Crippen molar-refractivity contribution in [3.8, 4) is 16.9 Å². The van der Waals surface area contributed by atoms with Crippen molar-refractivity contribution in [3.63, 3.8) is 0 Å². The predicted molar refractivity (Wildman–Crippen MR) is 62.1 cm³/mol. The fraction of sp³-hybridized carbons (Fsp3) is 0.231. The standard InChI is InChI=1S/C13H13N2O/c1-2-8-16-13-10-15-14-9-12(13)11-6-4-3-5-7-11/h3-7,10H,2,8H2,1H3. The smallest absolute Gasteiger partial charge is 0.149 e. The monoisotopic (exact) mass is 213 g/mol. The van der Waals surface area contributed by atoms with Crippen LogP contribution in [0.25, 0.3) is 11.1 Å². The molecule has 81 valence electrons. The molecular formula is C13H13N2O. The van der Waals surface area contributed by atoms with E-state index in [1.54, 1.807) is 6.20 Å². The number of aromatic nitrogens is 2. The highest BCUT2D eigenvalue weighted by Gasteiger charge is 2.06. The highest BCUT2D eigenvalue weighted by atomic mass is 16.5. The van der Waals surface area contributed by atoms with Crippen molar-refractivity contribution < 1.29 is 4.74 Å². The Morgan fingerprint density at radius 1 is 1.25 bits per heavy atom. The zero-order chi connectivity index (χ0) is 11.2. The van der Waals surface area contributed by atoms with Gasteiger partial charge in [0.15, 0.2) is 0 Å². The second kappa shape index (κ2) is 5.26. The van der Waals surface area contributed by atoms with Crippen LogP contribution in [-0.2, 0) is 0 Å². The van der Waals surface area contributed by atoms with Crippen LogP contribution in [0.5, 0.6) is 5.75 Å². The van der Waals surface area contributed by atoms with Gasteiger partial charge >= 0.3 is 0 Å². The molecule has 16 heavy (non-hydrogen) atoms. The zero-order valence-corrected chi connectivity index (χ0v) is 9.18. The average Bonchev–Trinajstić information content (AvgIpc) is 2.38. The molecule has 2 aromatic rings. The molecule has 0 amide bonds. The van der Waals surface area contributed by atoms with Gasteiger partial charge in [-0.1, -0.05) is 37.3 Å². The van der Waals surface area contributed by atoms with E-state index in [9.17, 15) is 0 Å². The van der Waals surface area contributed by atoms with Crippen LogP contribution < -0.4 is 4.74 Å². The maximum atomic E-state index is 5.61. The summed E-state index contributed by atoms with van der Waals surface area (Å²) in [6.07, 6.45) is 5.48. The van der Waals surface area contributed by atoms with E-state index in [4.69, 9.17) is 4.74 Å². The van der Waals surface area contributed by atoms with Crippen LogP contribution in [0.2, 0.25) is 0 Å². The molecule has 0 aliphatic rings. The number of benzene rings is 1. The molecule has 1 heterocycles. The van der Waals surface area contributed by atoms with Crippen molar-refractivity contribution in [2.45, 2.75) is 13.3 Å². The molecule has 0 fully saturated rings. The fourth-order valence-corrected chi connectivity index (χ4v) is 1.41. The molecule has 1 radical (unpaired) electrons. The lowest BCUT2D eigenvalue weighted by atomic mass is 10.1. The van der Waals surface area contributed by atoms with Gasteiger partial charge in [0.2, 0.25) is 0 Å². The molecular weight excluding hydrogens is 200 g/mol. The molecule has 2 rings (SSSR count). The number of ether oxygens (including phenoxy) is 1. The lowest BCUT2D eigenvalue weighted by molar-refractivity contribution is 0.316. The van der Waals surface area contributed by atoms with Crippen LogP contribution in [0.15, 0.2) is 36.5 Å². The first-order chi connectivity index (χ1) is 7.92. The summed E-state index contributed by atoms with van der Waals surface area (Å²) in [6.45, 7) is 2.75. The molecule has 0 unspecified atom stereocenters. The van der Waals surface area contributed by atoms with Crippen LogP contribution in [0.3, 0.4) is 0 Å². The first-order valence-corrected chi connectivity index (χ1v) is 5.33. The number of hydrogen-bond acceptors (Lipinski definition) is 3. The van der Waals surface area contributed by atoms with Crippen LogP contribution in [0.1, 0.15) is 13.3 Å². The Balaban J connectivity index is 2.33. The molecule has 0 spiro atoms. The molecule has 1 aromatic heterocycles. The maximum Gasteiger partial charge on any atom is 0.149 e. The number of hydrogen-bond donors (Lipinski definition) is 0. The molecule has 3 heteroatoms. The summed E-state index contributed by atoms with van der Waals surface area (Å²) in [7, 11) is 0. The zero-order valence-electron chi connectivity index (χ0n) is 9.18. The van der Waals surface area contributed by atoms with Gasteiger partial charge in [0.1, 0.15) is 11.9 Å². The minimum atomic E-state index is 0.680. The van der Waals surface area contributed by atoms with Gasteiger partial charge in [-0.15, -0.1) is 5.10 Å². The molecule has 0 saturated carbocycles. The maximum absolute atomic E-state index is 5.61. The van der Waals surface area contributed by atoms with Crippen LogP contribution in [0.4, 0.5) is 0 Å². The lowest BCUT2D eigenvalue weighted by Crippen LogP contribution is -1.98.